The lowest BCUT2D eigenvalue weighted by molar-refractivity contribution is -0.142. The number of rotatable bonds is 30. The lowest BCUT2D eigenvalue weighted by Crippen LogP contribution is -2.38. The number of hydrogen-bond donors (Lipinski definition) is 0. The van der Waals surface area contributed by atoms with E-state index in [0.717, 1.165) is 51.9 Å². The summed E-state index contributed by atoms with van der Waals surface area (Å²) in [6.45, 7) is 11.9. The van der Waals surface area contributed by atoms with Crippen molar-refractivity contribution in [3.63, 3.8) is 0 Å². The summed E-state index contributed by atoms with van der Waals surface area (Å²) in [5, 5.41) is 0. The Morgan fingerprint density at radius 3 is 0.949 bits per heavy atom. The summed E-state index contributed by atoms with van der Waals surface area (Å²) in [6, 6.07) is 0. The van der Waals surface area contributed by atoms with Gasteiger partial charge in [-0.15, -0.1) is 0 Å². The third-order valence-corrected chi connectivity index (χ3v) is 7.71. The van der Waals surface area contributed by atoms with Crippen molar-refractivity contribution in [1.29, 1.82) is 0 Å². The minimum Gasteiger partial charge on any atom is -0.362 e. The van der Waals surface area contributed by atoms with Crippen molar-refractivity contribution in [1.82, 2.24) is 9.80 Å². The second-order valence-electron chi connectivity index (χ2n) is 11.6. The molecule has 0 aliphatic carbocycles. The molecular weight excluding hydrogens is 484 g/mol. The zero-order valence-corrected chi connectivity index (χ0v) is 26.9. The molecule has 0 saturated carbocycles. The van der Waals surface area contributed by atoms with E-state index in [4.69, 9.17) is 4.74 Å². The van der Waals surface area contributed by atoms with Crippen molar-refractivity contribution in [3.8, 4) is 0 Å². The van der Waals surface area contributed by atoms with Gasteiger partial charge in [0.25, 0.3) is 0 Å². The van der Waals surface area contributed by atoms with E-state index in [9.17, 15) is 9.59 Å². The first-order valence-corrected chi connectivity index (χ1v) is 17.2. The number of ether oxygens (including phenoxy) is 1. The minimum atomic E-state index is 0.0156. The molecule has 0 aliphatic heterocycles. The molecule has 0 rings (SSSR count). The Balaban J connectivity index is 4.05. The van der Waals surface area contributed by atoms with E-state index >= 15 is 0 Å². The van der Waals surface area contributed by atoms with E-state index in [2.05, 4.69) is 27.7 Å². The van der Waals surface area contributed by atoms with Crippen LogP contribution >= 0.6 is 0 Å². The van der Waals surface area contributed by atoms with E-state index in [1.54, 1.807) is 0 Å². The van der Waals surface area contributed by atoms with Crippen LogP contribution in [0.5, 0.6) is 0 Å². The summed E-state index contributed by atoms with van der Waals surface area (Å²) < 4.78 is 5.63. The predicted molar refractivity (Wildman–Crippen MR) is 168 cm³/mol. The van der Waals surface area contributed by atoms with Crippen LogP contribution in [0.2, 0.25) is 0 Å². The van der Waals surface area contributed by atoms with Gasteiger partial charge in [0, 0.05) is 26.2 Å². The van der Waals surface area contributed by atoms with Crippen LogP contribution in [-0.4, -0.2) is 61.0 Å². The Hall–Kier alpha value is -1.10. The van der Waals surface area contributed by atoms with Gasteiger partial charge >= 0.3 is 0 Å². The minimum absolute atomic E-state index is 0.0156. The van der Waals surface area contributed by atoms with Crippen LogP contribution in [-0.2, 0) is 14.3 Å². The van der Waals surface area contributed by atoms with Crippen molar-refractivity contribution in [3.05, 3.63) is 0 Å². The summed E-state index contributed by atoms with van der Waals surface area (Å²) in [6.07, 6.45) is 27.9. The molecule has 0 heterocycles. The molecular formula is C34H68N2O3. The molecule has 0 aromatic carbocycles. The van der Waals surface area contributed by atoms with E-state index in [1.165, 1.54) is 116 Å². The number of carbonyl (C=O) groups excluding carboxylic acids is 2. The Morgan fingerprint density at radius 2 is 0.667 bits per heavy atom. The van der Waals surface area contributed by atoms with Gasteiger partial charge in [0.15, 0.2) is 0 Å². The van der Waals surface area contributed by atoms with Gasteiger partial charge in [-0.1, -0.05) is 143 Å². The fourth-order valence-corrected chi connectivity index (χ4v) is 5.25. The van der Waals surface area contributed by atoms with Crippen molar-refractivity contribution < 1.29 is 14.3 Å². The van der Waals surface area contributed by atoms with Gasteiger partial charge < -0.3 is 14.5 Å². The molecule has 0 aromatic heterocycles. The third kappa shape index (κ3) is 24.4. The van der Waals surface area contributed by atoms with Gasteiger partial charge in [0.1, 0.15) is 13.2 Å². The molecule has 0 saturated heterocycles. The van der Waals surface area contributed by atoms with Crippen LogP contribution in [0.4, 0.5) is 0 Å². The maximum Gasteiger partial charge on any atom is 0.248 e. The van der Waals surface area contributed by atoms with E-state index < -0.39 is 0 Å². The molecule has 5 heteroatoms. The van der Waals surface area contributed by atoms with Gasteiger partial charge in [-0.2, -0.15) is 0 Å². The van der Waals surface area contributed by atoms with Gasteiger partial charge in [0.05, 0.1) is 0 Å². The Labute approximate surface area is 244 Å². The molecule has 0 spiro atoms. The Kier molecular flexibility index (Phi) is 29.0. The normalized spacial score (nSPS) is 11.2. The highest BCUT2D eigenvalue weighted by molar-refractivity contribution is 5.79. The highest BCUT2D eigenvalue weighted by Gasteiger charge is 2.16. The molecule has 39 heavy (non-hydrogen) atoms. The number of amides is 2. The number of hydrogen-bond acceptors (Lipinski definition) is 3. The second kappa shape index (κ2) is 29.9. The zero-order chi connectivity index (χ0) is 28.8. The maximum absolute atomic E-state index is 12.7. The Bertz CT molecular complexity index is 495. The topological polar surface area (TPSA) is 49.9 Å². The van der Waals surface area contributed by atoms with Crippen molar-refractivity contribution in [2.45, 2.75) is 169 Å². The lowest BCUT2D eigenvalue weighted by atomic mass is 10.1. The quantitative estimate of drug-likeness (QED) is 0.0834. The summed E-state index contributed by atoms with van der Waals surface area (Å²) in [5.74, 6) is 0.0506. The lowest BCUT2D eigenvalue weighted by Gasteiger charge is -2.24. The van der Waals surface area contributed by atoms with Gasteiger partial charge in [-0.3, -0.25) is 9.59 Å². The fourth-order valence-electron chi connectivity index (χ4n) is 5.25. The molecule has 0 fully saturated rings. The SMILES string of the molecule is CCCCCCCCCCCCN(CCC)C(=O)COCC(=O)N(CCC)CCCCCCCCCCCC. The molecule has 5 nitrogen and oxygen atoms in total. The van der Waals surface area contributed by atoms with Gasteiger partial charge in [-0.05, 0) is 25.7 Å². The molecule has 232 valence electrons. The van der Waals surface area contributed by atoms with Crippen molar-refractivity contribution in [2.75, 3.05) is 39.4 Å². The molecule has 0 N–H and O–H groups in total. The number of nitrogens with zero attached hydrogens (tertiary/aromatic N) is 2. The summed E-state index contributed by atoms with van der Waals surface area (Å²) in [4.78, 5) is 29.4. The Morgan fingerprint density at radius 1 is 0.385 bits per heavy atom. The van der Waals surface area contributed by atoms with Crippen LogP contribution in [0.15, 0.2) is 0 Å². The van der Waals surface area contributed by atoms with Gasteiger partial charge in [-0.25, -0.2) is 0 Å². The molecule has 0 aromatic rings. The van der Waals surface area contributed by atoms with Crippen LogP contribution in [0.3, 0.4) is 0 Å². The summed E-state index contributed by atoms with van der Waals surface area (Å²) >= 11 is 0. The fraction of sp³-hybridized carbons (Fsp3) is 0.941. The number of unbranched alkanes of at least 4 members (excludes halogenated alkanes) is 18. The van der Waals surface area contributed by atoms with Crippen LogP contribution in [0, 0.1) is 0 Å². The number of carbonyl (C=O) groups is 2. The smallest absolute Gasteiger partial charge is 0.248 e. The first-order chi connectivity index (χ1) is 19.1. The monoisotopic (exact) mass is 553 g/mol. The van der Waals surface area contributed by atoms with Crippen molar-refractivity contribution >= 4 is 11.8 Å². The van der Waals surface area contributed by atoms with E-state index in [-0.39, 0.29) is 25.0 Å². The standard InChI is InChI=1S/C34H68N2O3/c1-5-9-11-13-15-17-19-21-23-25-29-35(27-7-3)33(37)31-39-32-34(38)36(28-8-4)30-26-24-22-20-18-16-14-12-10-6-2/h5-32H2,1-4H3. The van der Waals surface area contributed by atoms with Crippen LogP contribution in [0.25, 0.3) is 0 Å². The zero-order valence-electron chi connectivity index (χ0n) is 26.9. The maximum atomic E-state index is 12.7. The molecule has 0 bridgehead atoms. The van der Waals surface area contributed by atoms with Crippen LogP contribution in [0.1, 0.15) is 169 Å². The second-order valence-corrected chi connectivity index (χ2v) is 11.6. The van der Waals surface area contributed by atoms with Crippen LogP contribution < -0.4 is 0 Å². The third-order valence-electron chi connectivity index (χ3n) is 7.71. The first-order valence-electron chi connectivity index (χ1n) is 17.2. The molecule has 0 unspecified atom stereocenters. The summed E-state index contributed by atoms with van der Waals surface area (Å²) in [7, 11) is 0. The average molecular weight is 553 g/mol. The highest BCUT2D eigenvalue weighted by Crippen LogP contribution is 2.12. The van der Waals surface area contributed by atoms with Gasteiger partial charge in [0.2, 0.25) is 11.8 Å². The largest absolute Gasteiger partial charge is 0.362 e. The van der Waals surface area contributed by atoms with Crippen molar-refractivity contribution in [2.24, 2.45) is 0 Å². The molecule has 0 atom stereocenters. The first kappa shape index (κ1) is 37.9. The molecule has 0 radical (unpaired) electrons. The molecule has 2 amide bonds. The highest BCUT2D eigenvalue weighted by atomic mass is 16.5. The predicted octanol–water partition coefficient (Wildman–Crippen LogP) is 9.32. The van der Waals surface area contributed by atoms with E-state index in [0.29, 0.717) is 0 Å². The van der Waals surface area contributed by atoms with E-state index in [1.807, 2.05) is 9.80 Å². The molecule has 0 aliphatic rings. The average Bonchev–Trinajstić information content (AvgIpc) is 2.93. The summed E-state index contributed by atoms with van der Waals surface area (Å²) in [5.41, 5.74) is 0.